The van der Waals surface area contributed by atoms with E-state index < -0.39 is 17.5 Å². The lowest BCUT2D eigenvalue weighted by atomic mass is 9.86. The van der Waals surface area contributed by atoms with Gasteiger partial charge in [0.25, 0.3) is 0 Å². The molecule has 0 heterocycles. The van der Waals surface area contributed by atoms with Crippen LogP contribution in [-0.4, -0.2) is 42.3 Å². The molecule has 2 aromatic rings. The molecule has 7 heteroatoms. The lowest BCUT2D eigenvalue weighted by Gasteiger charge is -2.28. The summed E-state index contributed by atoms with van der Waals surface area (Å²) in [5.74, 6) is -1.11. The van der Waals surface area contributed by atoms with E-state index in [1.165, 1.54) is 11.1 Å². The lowest BCUT2D eigenvalue weighted by Crippen LogP contribution is -2.46. The fourth-order valence-electron chi connectivity index (χ4n) is 5.35. The summed E-state index contributed by atoms with van der Waals surface area (Å²) in [4.78, 5) is 36.5. The van der Waals surface area contributed by atoms with Crippen molar-refractivity contribution in [2.45, 2.75) is 50.5 Å². The Morgan fingerprint density at radius 2 is 1.50 bits per heavy atom. The first-order chi connectivity index (χ1) is 16.5. The highest BCUT2D eigenvalue weighted by molar-refractivity contribution is 5.86. The fraction of sp³-hybridized carbons (Fsp3) is 0.444. The van der Waals surface area contributed by atoms with Crippen LogP contribution in [0.3, 0.4) is 0 Å². The van der Waals surface area contributed by atoms with Gasteiger partial charge in [0.1, 0.15) is 6.61 Å². The molecule has 3 aliphatic carbocycles. The Kier molecular flexibility index (Phi) is 6.02. The van der Waals surface area contributed by atoms with Crippen molar-refractivity contribution in [2.75, 3.05) is 13.2 Å². The second-order valence-electron chi connectivity index (χ2n) is 9.82. The molecule has 5 rings (SSSR count). The molecule has 0 spiro atoms. The number of carbonyl (C=O) groups excluding carboxylic acids is 2. The Morgan fingerprint density at radius 1 is 0.912 bits per heavy atom. The summed E-state index contributed by atoms with van der Waals surface area (Å²) >= 11 is 0. The van der Waals surface area contributed by atoms with Gasteiger partial charge in [-0.1, -0.05) is 48.5 Å². The molecule has 0 atom stereocenters. The zero-order chi connectivity index (χ0) is 23.7. The maximum absolute atomic E-state index is 12.8. The first-order valence-corrected chi connectivity index (χ1v) is 12.1. The minimum atomic E-state index is -0.754. The van der Waals surface area contributed by atoms with Crippen molar-refractivity contribution < 1.29 is 24.2 Å². The highest BCUT2D eigenvalue weighted by atomic mass is 16.5. The first-order valence-electron chi connectivity index (χ1n) is 12.1. The van der Waals surface area contributed by atoms with Crippen molar-refractivity contribution in [3.05, 3.63) is 59.7 Å². The van der Waals surface area contributed by atoms with Crippen LogP contribution in [0.25, 0.3) is 11.1 Å². The number of rotatable bonds is 7. The summed E-state index contributed by atoms with van der Waals surface area (Å²) in [6.45, 7) is 0.492. The number of hydrogen-bond donors (Lipinski definition) is 3. The van der Waals surface area contributed by atoms with Crippen LogP contribution in [-0.2, 0) is 14.3 Å². The van der Waals surface area contributed by atoms with Gasteiger partial charge in [-0.15, -0.1) is 0 Å². The van der Waals surface area contributed by atoms with Gasteiger partial charge in [0.2, 0.25) is 5.91 Å². The topological polar surface area (TPSA) is 105 Å². The van der Waals surface area contributed by atoms with E-state index in [2.05, 4.69) is 34.9 Å². The van der Waals surface area contributed by atoms with Gasteiger partial charge in [-0.25, -0.2) is 4.79 Å². The predicted octanol–water partition coefficient (Wildman–Crippen LogP) is 4.06. The van der Waals surface area contributed by atoms with Gasteiger partial charge in [-0.3, -0.25) is 9.59 Å². The maximum atomic E-state index is 12.8. The molecule has 2 fully saturated rings. The van der Waals surface area contributed by atoms with Gasteiger partial charge >= 0.3 is 12.1 Å². The summed E-state index contributed by atoms with van der Waals surface area (Å²) in [6.07, 6.45) is 3.48. The van der Waals surface area contributed by atoms with Crippen LogP contribution in [0.5, 0.6) is 0 Å². The summed E-state index contributed by atoms with van der Waals surface area (Å²) in [5.41, 5.74) is 4.10. The molecule has 0 unspecified atom stereocenters. The molecule has 0 saturated heterocycles. The quantitative estimate of drug-likeness (QED) is 0.576. The van der Waals surface area contributed by atoms with Gasteiger partial charge in [0, 0.05) is 18.5 Å². The number of alkyl carbamates (subject to hydrolysis) is 1. The average Bonchev–Trinajstić information content (AvgIpc) is 3.59. The van der Waals surface area contributed by atoms with E-state index in [0.29, 0.717) is 25.7 Å². The Morgan fingerprint density at radius 3 is 2.06 bits per heavy atom. The first kappa shape index (κ1) is 22.4. The monoisotopic (exact) mass is 462 g/mol. The number of carboxylic acids is 1. The van der Waals surface area contributed by atoms with E-state index in [0.717, 1.165) is 24.0 Å². The van der Waals surface area contributed by atoms with Crippen LogP contribution in [0, 0.1) is 11.3 Å². The molecule has 3 N–H and O–H groups in total. The van der Waals surface area contributed by atoms with E-state index in [1.54, 1.807) is 0 Å². The Hall–Kier alpha value is -3.35. The second kappa shape index (κ2) is 9.12. The van der Waals surface area contributed by atoms with E-state index >= 15 is 0 Å². The van der Waals surface area contributed by atoms with Gasteiger partial charge in [0.05, 0.1) is 11.3 Å². The molecule has 178 valence electrons. The van der Waals surface area contributed by atoms with Crippen LogP contribution in [0.4, 0.5) is 4.79 Å². The normalized spacial score (nSPS) is 22.2. The highest BCUT2D eigenvalue weighted by Crippen LogP contribution is 2.46. The number of benzene rings is 2. The standard InChI is InChI=1S/C27H30N2O5/c30-24(31)17-9-11-18(12-10-17)29-25(32)27(13-14-27)16-28-26(33)34-15-23-21-7-3-1-5-19(21)20-6-2-4-8-22(20)23/h1-8,17-18,23H,9-16H2,(H,28,33)(H,29,32)(H,30,31). The van der Waals surface area contributed by atoms with Gasteiger partial charge < -0.3 is 20.5 Å². The molecule has 2 aromatic carbocycles. The Balaban J connectivity index is 1.12. The SMILES string of the molecule is O=C(NCC1(C(=O)NC2CCC(C(=O)O)CC2)CC1)OCC1c2ccccc2-c2ccccc21. The number of carbonyl (C=O) groups is 3. The minimum absolute atomic E-state index is 0.00253. The second-order valence-corrected chi connectivity index (χ2v) is 9.82. The third kappa shape index (κ3) is 4.39. The Labute approximate surface area is 198 Å². The highest BCUT2D eigenvalue weighted by Gasteiger charge is 2.50. The van der Waals surface area contributed by atoms with Crippen molar-refractivity contribution in [3.63, 3.8) is 0 Å². The van der Waals surface area contributed by atoms with Gasteiger partial charge in [-0.05, 0) is 60.8 Å². The van der Waals surface area contributed by atoms with Gasteiger partial charge in [0.15, 0.2) is 0 Å². The van der Waals surface area contributed by atoms with Crippen LogP contribution in [0.2, 0.25) is 0 Å². The number of nitrogens with one attached hydrogen (secondary N) is 2. The largest absolute Gasteiger partial charge is 0.481 e. The molecular weight excluding hydrogens is 432 g/mol. The number of ether oxygens (including phenoxy) is 1. The summed E-state index contributed by atoms with van der Waals surface area (Å²) in [7, 11) is 0. The van der Waals surface area contributed by atoms with Crippen LogP contribution in [0.15, 0.2) is 48.5 Å². The van der Waals surface area contributed by atoms with E-state index in [-0.39, 0.29) is 36.9 Å². The number of amides is 2. The number of carboxylic acid groups (broad SMARTS) is 1. The van der Waals surface area contributed by atoms with Crippen molar-refractivity contribution in [1.29, 1.82) is 0 Å². The molecule has 2 saturated carbocycles. The smallest absolute Gasteiger partial charge is 0.407 e. The zero-order valence-corrected chi connectivity index (χ0v) is 19.1. The van der Waals surface area contributed by atoms with Crippen LogP contribution < -0.4 is 10.6 Å². The van der Waals surface area contributed by atoms with E-state index in [4.69, 9.17) is 9.84 Å². The molecule has 0 radical (unpaired) electrons. The summed E-state index contributed by atoms with van der Waals surface area (Å²) in [6, 6.07) is 16.4. The molecule has 0 bridgehead atoms. The number of aliphatic carboxylic acids is 1. The third-order valence-corrected chi connectivity index (χ3v) is 7.66. The van der Waals surface area contributed by atoms with Crippen molar-refractivity contribution in [1.82, 2.24) is 10.6 Å². The maximum Gasteiger partial charge on any atom is 0.407 e. The predicted molar refractivity (Wildman–Crippen MR) is 126 cm³/mol. The van der Waals surface area contributed by atoms with E-state index in [9.17, 15) is 14.4 Å². The molecule has 0 aromatic heterocycles. The number of hydrogen-bond acceptors (Lipinski definition) is 4. The van der Waals surface area contributed by atoms with Crippen molar-refractivity contribution >= 4 is 18.0 Å². The summed E-state index contributed by atoms with van der Waals surface area (Å²) in [5, 5.41) is 15.0. The molecular formula is C27H30N2O5. The zero-order valence-electron chi connectivity index (χ0n) is 19.1. The summed E-state index contributed by atoms with van der Waals surface area (Å²) < 4.78 is 5.59. The fourth-order valence-corrected chi connectivity index (χ4v) is 5.35. The molecule has 7 nitrogen and oxygen atoms in total. The molecule has 0 aliphatic heterocycles. The lowest BCUT2D eigenvalue weighted by molar-refractivity contribution is -0.142. The van der Waals surface area contributed by atoms with Crippen molar-refractivity contribution in [3.8, 4) is 11.1 Å². The van der Waals surface area contributed by atoms with E-state index in [1.807, 2.05) is 24.3 Å². The molecule has 34 heavy (non-hydrogen) atoms. The number of fused-ring (bicyclic) bond motifs is 3. The minimum Gasteiger partial charge on any atom is -0.481 e. The third-order valence-electron chi connectivity index (χ3n) is 7.66. The van der Waals surface area contributed by atoms with Crippen LogP contribution in [0.1, 0.15) is 55.6 Å². The van der Waals surface area contributed by atoms with Gasteiger partial charge in [-0.2, -0.15) is 0 Å². The average molecular weight is 463 g/mol. The van der Waals surface area contributed by atoms with Crippen LogP contribution >= 0.6 is 0 Å². The van der Waals surface area contributed by atoms with Crippen molar-refractivity contribution in [2.24, 2.45) is 11.3 Å². The molecule has 3 aliphatic rings. The molecule has 2 amide bonds. The Bertz CT molecular complexity index is 1060.